The van der Waals surface area contributed by atoms with Gasteiger partial charge in [-0.05, 0) is 37.3 Å². The normalized spacial score (nSPS) is 25.8. The summed E-state index contributed by atoms with van der Waals surface area (Å²) in [5, 5.41) is 11.8. The fraction of sp³-hybridized carbons (Fsp3) is 0.593. The molecule has 1 N–H and O–H groups in total. The Balaban J connectivity index is 1.41. The van der Waals surface area contributed by atoms with Gasteiger partial charge in [0, 0.05) is 30.7 Å². The Kier molecular flexibility index (Phi) is 7.76. The zero-order valence-corrected chi connectivity index (χ0v) is 19.9. The molecule has 2 heterocycles. The third kappa shape index (κ3) is 5.79. The summed E-state index contributed by atoms with van der Waals surface area (Å²) in [4.78, 5) is 21.9. The van der Waals surface area contributed by atoms with Crippen LogP contribution in [-0.2, 0) is 21.6 Å². The number of aromatic nitrogens is 2. The number of aliphatic hydroxyl groups is 1. The molecule has 2 unspecified atom stereocenters. The second kappa shape index (κ2) is 10.7. The highest BCUT2D eigenvalue weighted by molar-refractivity contribution is 5.81. The predicted molar refractivity (Wildman–Crippen MR) is 127 cm³/mol. The lowest BCUT2D eigenvalue weighted by Crippen LogP contribution is -2.55. The number of hydrogen-bond acceptors (Lipinski definition) is 5. The van der Waals surface area contributed by atoms with E-state index in [2.05, 4.69) is 17.0 Å². The lowest BCUT2D eigenvalue weighted by Gasteiger charge is -2.42. The molecule has 33 heavy (non-hydrogen) atoms. The summed E-state index contributed by atoms with van der Waals surface area (Å²) in [5.74, 6) is -0.543. The van der Waals surface area contributed by atoms with Crippen molar-refractivity contribution in [1.82, 2.24) is 9.97 Å². The summed E-state index contributed by atoms with van der Waals surface area (Å²) >= 11 is 0. The van der Waals surface area contributed by atoms with E-state index in [1.807, 2.05) is 36.4 Å². The Hall–Kier alpha value is -2.31. The molecule has 4 rings (SSSR count). The van der Waals surface area contributed by atoms with Crippen LogP contribution in [0.3, 0.4) is 0 Å². The monoisotopic (exact) mass is 452 g/mol. The minimum absolute atomic E-state index is 0.0847. The van der Waals surface area contributed by atoms with E-state index >= 15 is 0 Å². The Labute approximate surface area is 197 Å². The van der Waals surface area contributed by atoms with Crippen LogP contribution >= 0.6 is 0 Å². The van der Waals surface area contributed by atoms with Crippen molar-refractivity contribution < 1.29 is 19.1 Å². The van der Waals surface area contributed by atoms with E-state index in [0.717, 1.165) is 81.2 Å². The first kappa shape index (κ1) is 23.8. The van der Waals surface area contributed by atoms with Gasteiger partial charge in [0.25, 0.3) is 0 Å². The van der Waals surface area contributed by atoms with Gasteiger partial charge < -0.3 is 14.3 Å². The second-order valence-electron chi connectivity index (χ2n) is 10.2. The van der Waals surface area contributed by atoms with E-state index < -0.39 is 11.6 Å². The highest BCUT2D eigenvalue weighted by atomic mass is 16.6. The molecule has 1 saturated heterocycles. The van der Waals surface area contributed by atoms with Gasteiger partial charge in [0.15, 0.2) is 11.7 Å². The Bertz CT molecular complexity index is 888. The molecule has 0 amide bonds. The summed E-state index contributed by atoms with van der Waals surface area (Å²) in [6.45, 7) is 2.90. The molecule has 2 fully saturated rings. The van der Waals surface area contributed by atoms with Crippen LogP contribution in [0.15, 0.2) is 48.9 Å². The molecular formula is C27H38N3O3+. The number of ether oxygens (including phenoxy) is 1. The molecule has 1 saturated carbocycles. The quantitative estimate of drug-likeness (QED) is 0.484. The number of piperidine rings is 1. The molecule has 1 aromatic heterocycles. The van der Waals surface area contributed by atoms with E-state index in [0.29, 0.717) is 5.56 Å². The molecule has 2 aliphatic rings. The van der Waals surface area contributed by atoms with Gasteiger partial charge in [-0.3, -0.25) is 0 Å². The Morgan fingerprint density at radius 3 is 2.64 bits per heavy atom. The lowest BCUT2D eigenvalue weighted by atomic mass is 9.73. The molecule has 1 aliphatic carbocycles. The fourth-order valence-corrected chi connectivity index (χ4v) is 5.76. The van der Waals surface area contributed by atoms with E-state index in [9.17, 15) is 9.90 Å². The molecule has 2 aromatic rings. The number of benzene rings is 1. The minimum atomic E-state index is -1.56. The number of esters is 1. The topological polar surface area (TPSA) is 72.3 Å². The van der Waals surface area contributed by atoms with Crippen LogP contribution in [0.4, 0.5) is 0 Å². The maximum Gasteiger partial charge on any atom is 0.343 e. The smallest absolute Gasteiger partial charge is 0.343 e. The first-order valence-electron chi connectivity index (χ1n) is 12.6. The highest BCUT2D eigenvalue weighted by Crippen LogP contribution is 2.41. The van der Waals surface area contributed by atoms with Crippen molar-refractivity contribution in [2.45, 2.75) is 69.5 Å². The molecule has 6 heteroatoms. The van der Waals surface area contributed by atoms with E-state index in [1.54, 1.807) is 12.5 Å². The number of likely N-dealkylation sites (N-methyl/N-ethyl adjacent to an activating group) is 1. The number of aryl methyl sites for hydroxylation is 1. The van der Waals surface area contributed by atoms with Crippen molar-refractivity contribution in [1.29, 1.82) is 0 Å². The van der Waals surface area contributed by atoms with E-state index in [1.165, 1.54) is 6.42 Å². The summed E-state index contributed by atoms with van der Waals surface area (Å²) in [5.41, 5.74) is 0.173. The van der Waals surface area contributed by atoms with Crippen LogP contribution in [0.2, 0.25) is 0 Å². The summed E-state index contributed by atoms with van der Waals surface area (Å²) < 4.78 is 6.98. The molecule has 178 valence electrons. The van der Waals surface area contributed by atoms with Gasteiger partial charge in [-0.2, -0.15) is 0 Å². The molecule has 1 aromatic carbocycles. The zero-order valence-electron chi connectivity index (χ0n) is 19.9. The van der Waals surface area contributed by atoms with Crippen LogP contribution < -0.4 is 0 Å². The van der Waals surface area contributed by atoms with E-state index in [-0.39, 0.29) is 12.0 Å². The van der Waals surface area contributed by atoms with Gasteiger partial charge in [0.1, 0.15) is 12.9 Å². The van der Waals surface area contributed by atoms with Gasteiger partial charge in [-0.1, -0.05) is 49.6 Å². The molecule has 0 radical (unpaired) electrons. The molecule has 0 bridgehead atoms. The lowest BCUT2D eigenvalue weighted by molar-refractivity contribution is -0.917. The van der Waals surface area contributed by atoms with Gasteiger partial charge >= 0.3 is 5.97 Å². The Morgan fingerprint density at radius 1 is 1.12 bits per heavy atom. The number of carbonyl (C=O) groups excluding carboxylic acids is 1. The fourth-order valence-electron chi connectivity index (χ4n) is 5.76. The van der Waals surface area contributed by atoms with Crippen molar-refractivity contribution in [2.75, 3.05) is 26.7 Å². The average molecular weight is 453 g/mol. The maximum atomic E-state index is 13.5. The van der Waals surface area contributed by atoms with Crippen molar-refractivity contribution in [3.8, 4) is 0 Å². The van der Waals surface area contributed by atoms with Crippen molar-refractivity contribution in [3.63, 3.8) is 0 Å². The third-order valence-corrected chi connectivity index (χ3v) is 7.64. The van der Waals surface area contributed by atoms with Gasteiger partial charge in [0.05, 0.1) is 20.1 Å². The van der Waals surface area contributed by atoms with Crippen molar-refractivity contribution in [2.24, 2.45) is 5.92 Å². The standard InChI is InChI=1S/C27H38N3O3/c1-30(18-8-14-24-16-17-28-21-29-24)19-9-15-25(20-30)33-26(31)27(32,22-10-4-2-5-11-22)23-12-6-3-7-13-23/h2,4-5,10-11,16-17,21,23,25,32H,3,6-9,12-15,18-20H2,1H3/q+1/t25-,27?,30?/m1/s1. The SMILES string of the molecule is C[N+]1(CCCc2ccncn2)CCC[C@@H](OC(=O)C(O)(c2ccccc2)C2CCCCC2)C1. The largest absolute Gasteiger partial charge is 0.454 e. The van der Waals surface area contributed by atoms with Gasteiger partial charge in [-0.15, -0.1) is 0 Å². The van der Waals surface area contributed by atoms with Gasteiger partial charge in [0.2, 0.25) is 0 Å². The number of carbonyl (C=O) groups is 1. The summed E-state index contributed by atoms with van der Waals surface area (Å²) in [7, 11) is 2.25. The van der Waals surface area contributed by atoms with Crippen LogP contribution in [0.25, 0.3) is 0 Å². The zero-order chi connectivity index (χ0) is 23.2. The molecular weight excluding hydrogens is 414 g/mol. The number of hydrogen-bond donors (Lipinski definition) is 1. The highest BCUT2D eigenvalue weighted by Gasteiger charge is 2.48. The Morgan fingerprint density at radius 2 is 1.91 bits per heavy atom. The van der Waals surface area contributed by atoms with Crippen molar-refractivity contribution in [3.05, 3.63) is 60.2 Å². The third-order valence-electron chi connectivity index (χ3n) is 7.64. The second-order valence-corrected chi connectivity index (χ2v) is 10.2. The predicted octanol–water partition coefficient (Wildman–Crippen LogP) is 4.03. The van der Waals surface area contributed by atoms with Crippen LogP contribution in [0.5, 0.6) is 0 Å². The summed E-state index contributed by atoms with van der Waals surface area (Å²) in [6.07, 6.45) is 12.1. The molecule has 3 atom stereocenters. The van der Waals surface area contributed by atoms with Crippen molar-refractivity contribution >= 4 is 5.97 Å². The maximum absolute atomic E-state index is 13.5. The summed E-state index contributed by atoms with van der Waals surface area (Å²) in [6, 6.07) is 11.4. The number of likely N-dealkylation sites (tertiary alicyclic amines) is 1. The first-order chi connectivity index (χ1) is 16.0. The number of nitrogens with zero attached hydrogens (tertiary/aromatic N) is 3. The van der Waals surface area contributed by atoms with Crippen LogP contribution in [0, 0.1) is 5.92 Å². The number of quaternary nitrogens is 1. The van der Waals surface area contributed by atoms with Crippen LogP contribution in [-0.4, -0.2) is 58.3 Å². The minimum Gasteiger partial charge on any atom is -0.454 e. The first-order valence-corrected chi connectivity index (χ1v) is 12.6. The average Bonchev–Trinajstić information content (AvgIpc) is 2.85. The van der Waals surface area contributed by atoms with Gasteiger partial charge in [-0.25, -0.2) is 14.8 Å². The van der Waals surface area contributed by atoms with E-state index in [4.69, 9.17) is 4.74 Å². The number of rotatable bonds is 8. The molecule has 0 spiro atoms. The van der Waals surface area contributed by atoms with Crippen LogP contribution in [0.1, 0.15) is 62.6 Å². The molecule has 6 nitrogen and oxygen atoms in total. The molecule has 1 aliphatic heterocycles.